The number of carbonyl (C=O) groups is 1. The fraction of sp³-hybridized carbons (Fsp3) is 0.409. The molecule has 2 saturated heterocycles. The number of pyridine rings is 1. The minimum absolute atomic E-state index is 0.0781. The van der Waals surface area contributed by atoms with Gasteiger partial charge in [0, 0.05) is 81.2 Å². The number of nitrogens with one attached hydrogen (secondary N) is 4. The molecule has 58 heavy (non-hydrogen) atoms. The fourth-order valence-electron chi connectivity index (χ4n) is 8.69. The molecule has 4 N–H and O–H groups in total. The highest BCUT2D eigenvalue weighted by Gasteiger charge is 2.33. The summed E-state index contributed by atoms with van der Waals surface area (Å²) in [6, 6.07) is 22.4. The average molecular weight is 808 g/mol. The van der Waals surface area contributed by atoms with Gasteiger partial charge in [-0.25, -0.2) is 18.1 Å². The van der Waals surface area contributed by atoms with Gasteiger partial charge < -0.3 is 24.7 Å². The molecule has 0 unspecified atom stereocenters. The van der Waals surface area contributed by atoms with Crippen LogP contribution in [0.1, 0.15) is 61.0 Å². The maximum absolute atomic E-state index is 13.9. The summed E-state index contributed by atoms with van der Waals surface area (Å²) >= 11 is 0. The van der Waals surface area contributed by atoms with Crippen molar-refractivity contribution in [3.8, 4) is 11.5 Å². The molecule has 2 fully saturated rings. The first kappa shape index (κ1) is 39.7. The second-order valence-corrected chi connectivity index (χ2v) is 18.1. The van der Waals surface area contributed by atoms with Crippen LogP contribution in [0, 0.1) is 11.8 Å². The van der Waals surface area contributed by atoms with Gasteiger partial charge in [-0.05, 0) is 91.1 Å². The van der Waals surface area contributed by atoms with Gasteiger partial charge >= 0.3 is 0 Å². The van der Waals surface area contributed by atoms with E-state index < -0.39 is 15.9 Å². The molecule has 1 amide bonds. The van der Waals surface area contributed by atoms with E-state index in [0.717, 1.165) is 82.7 Å². The van der Waals surface area contributed by atoms with Gasteiger partial charge in [-0.3, -0.25) is 20.0 Å². The third kappa shape index (κ3) is 8.95. The van der Waals surface area contributed by atoms with Crippen molar-refractivity contribution in [2.45, 2.75) is 56.4 Å². The smallest absolute Gasteiger partial charge is 0.268 e. The van der Waals surface area contributed by atoms with Gasteiger partial charge in [0.25, 0.3) is 15.9 Å². The summed E-state index contributed by atoms with van der Waals surface area (Å²) in [4.78, 5) is 31.5. The number of nitrogens with zero attached hydrogens (tertiary/aromatic N) is 3. The van der Waals surface area contributed by atoms with E-state index in [0.29, 0.717) is 41.2 Å². The third-order valence-electron chi connectivity index (χ3n) is 11.7. The zero-order chi connectivity index (χ0) is 40.3. The van der Waals surface area contributed by atoms with E-state index in [4.69, 9.17) is 14.3 Å². The molecule has 0 bridgehead atoms. The molecule has 0 atom stereocenters. The maximum atomic E-state index is 13.9. The number of sulfonamides is 1. The number of rotatable bonds is 13. The Balaban J connectivity index is 0.982. The second-order valence-electron chi connectivity index (χ2n) is 16.4. The number of ether oxygens (including phenoxy) is 2. The van der Waals surface area contributed by atoms with Gasteiger partial charge in [-0.2, -0.15) is 0 Å². The molecular formula is C44H53N7O6S. The lowest BCUT2D eigenvalue weighted by Gasteiger charge is -2.42. The predicted octanol–water partition coefficient (Wildman–Crippen LogP) is 7.30. The van der Waals surface area contributed by atoms with E-state index >= 15 is 0 Å². The largest absolute Gasteiger partial charge is 0.455 e. The lowest BCUT2D eigenvalue weighted by molar-refractivity contribution is 0.0699. The Bertz CT molecular complexity index is 2350. The molecule has 0 aliphatic carbocycles. The van der Waals surface area contributed by atoms with Crippen molar-refractivity contribution >= 4 is 44.0 Å². The molecular weight excluding hydrogens is 755 g/mol. The summed E-state index contributed by atoms with van der Waals surface area (Å²) in [7, 11) is -2.85. The highest BCUT2D eigenvalue weighted by Crippen LogP contribution is 2.36. The van der Waals surface area contributed by atoms with Gasteiger partial charge in [-0.15, -0.1) is 0 Å². The van der Waals surface area contributed by atoms with E-state index in [1.165, 1.54) is 30.4 Å². The summed E-state index contributed by atoms with van der Waals surface area (Å²) in [5.41, 5.74) is 8.56. The van der Waals surface area contributed by atoms with Crippen molar-refractivity contribution in [3.63, 3.8) is 0 Å². The monoisotopic (exact) mass is 807 g/mol. The molecule has 5 aromatic rings. The zero-order valence-electron chi connectivity index (χ0n) is 33.4. The Morgan fingerprint density at radius 1 is 0.966 bits per heavy atom. The Labute approximate surface area is 340 Å². The number of hydrogen-bond donors (Lipinski definition) is 4. The Kier molecular flexibility index (Phi) is 11.6. The van der Waals surface area contributed by atoms with Gasteiger partial charge in [0.15, 0.2) is 0 Å². The number of aromatic nitrogens is 2. The van der Waals surface area contributed by atoms with Crippen LogP contribution in [-0.4, -0.2) is 82.2 Å². The maximum Gasteiger partial charge on any atom is 0.268 e. The van der Waals surface area contributed by atoms with Crippen LogP contribution in [0.5, 0.6) is 11.5 Å². The number of carbonyl (C=O) groups excluding carboxylic acids is 1. The summed E-state index contributed by atoms with van der Waals surface area (Å²) < 4.78 is 41.6. The van der Waals surface area contributed by atoms with E-state index in [2.05, 4.69) is 73.4 Å². The van der Waals surface area contributed by atoms with Crippen LogP contribution >= 0.6 is 0 Å². The van der Waals surface area contributed by atoms with Crippen LogP contribution in [-0.2, 0) is 31.6 Å². The molecule has 2 aromatic heterocycles. The van der Waals surface area contributed by atoms with Crippen molar-refractivity contribution in [1.29, 1.82) is 0 Å². The van der Waals surface area contributed by atoms with Gasteiger partial charge in [0.05, 0.1) is 35.1 Å². The van der Waals surface area contributed by atoms with E-state index in [1.54, 1.807) is 24.5 Å². The van der Waals surface area contributed by atoms with Crippen LogP contribution in [0.3, 0.4) is 0 Å². The highest BCUT2D eigenvalue weighted by molar-refractivity contribution is 7.90. The number of piperidine rings is 1. The van der Waals surface area contributed by atoms with Gasteiger partial charge in [0.1, 0.15) is 17.1 Å². The summed E-state index contributed by atoms with van der Waals surface area (Å²) in [5, 5.41) is 4.25. The normalized spacial score (nSPS) is 17.8. The predicted molar refractivity (Wildman–Crippen MR) is 226 cm³/mol. The summed E-state index contributed by atoms with van der Waals surface area (Å²) in [6.45, 7) is 11.6. The quantitative estimate of drug-likeness (QED) is 0.0889. The first-order valence-corrected chi connectivity index (χ1v) is 21.7. The third-order valence-corrected chi connectivity index (χ3v) is 13.1. The summed E-state index contributed by atoms with van der Waals surface area (Å²) in [5.74, 6) is 0.847. The Morgan fingerprint density at radius 2 is 1.78 bits per heavy atom. The lowest BCUT2D eigenvalue weighted by Crippen LogP contribution is -2.45. The van der Waals surface area contributed by atoms with E-state index in [1.807, 2.05) is 24.3 Å². The van der Waals surface area contributed by atoms with Gasteiger partial charge in [-0.1, -0.05) is 38.1 Å². The molecule has 0 radical (unpaired) electrons. The zero-order valence-corrected chi connectivity index (χ0v) is 34.2. The molecule has 3 aromatic carbocycles. The SMILES string of the molecule is CONc1cc(S(=O)(=O)NC(=O)c2ccc(N3CCC(CN4Cc5ccccc5C(C)(C)C4)CC3)cc2Oc2cnc3[nH]ccc3c2)ccc1NCC1CCOCC1. The number of amides is 1. The number of H-pyrrole nitrogens is 1. The van der Waals surface area contributed by atoms with Gasteiger partial charge in [0.2, 0.25) is 0 Å². The number of hydrogen-bond acceptors (Lipinski definition) is 11. The van der Waals surface area contributed by atoms with Crippen molar-refractivity contribution in [3.05, 3.63) is 102 Å². The molecule has 3 aliphatic rings. The number of anilines is 3. The lowest BCUT2D eigenvalue weighted by atomic mass is 9.78. The average Bonchev–Trinajstić information content (AvgIpc) is 3.69. The molecule has 0 saturated carbocycles. The van der Waals surface area contributed by atoms with E-state index in [9.17, 15) is 13.2 Å². The van der Waals surface area contributed by atoms with Crippen molar-refractivity contribution in [1.82, 2.24) is 19.6 Å². The Hall–Kier alpha value is -5.15. The van der Waals surface area contributed by atoms with Crippen LogP contribution < -0.4 is 25.2 Å². The Morgan fingerprint density at radius 3 is 2.59 bits per heavy atom. The van der Waals surface area contributed by atoms with Crippen LogP contribution in [0.2, 0.25) is 0 Å². The molecule has 13 nitrogen and oxygen atoms in total. The minimum Gasteiger partial charge on any atom is -0.455 e. The summed E-state index contributed by atoms with van der Waals surface area (Å²) in [6.07, 6.45) is 7.35. The molecule has 3 aliphatic heterocycles. The first-order chi connectivity index (χ1) is 28.0. The molecule has 0 spiro atoms. The number of fused-ring (bicyclic) bond motifs is 2. The highest BCUT2D eigenvalue weighted by atomic mass is 32.2. The van der Waals surface area contributed by atoms with Crippen molar-refractivity contribution < 1.29 is 27.5 Å². The van der Waals surface area contributed by atoms with Crippen LogP contribution in [0.4, 0.5) is 17.1 Å². The number of benzene rings is 3. The fourth-order valence-corrected chi connectivity index (χ4v) is 9.68. The minimum atomic E-state index is -4.31. The molecule has 8 rings (SSSR count). The standard InChI is InChI=1S/C44H53N7O6S/c1-44(2)29-50(28-33-6-4-5-7-38(33)44)27-31-13-18-51(19-14-31)34-8-10-37(41(23-34)57-35-22-32-12-17-45-42(32)47-26-35)43(52)49-58(53,54)36-9-11-39(40(24-36)48-55-3)46-25-30-15-20-56-21-16-30/h4-12,17,22-24,26,30-31,46,48H,13-16,18-21,25,27-29H2,1-3H3,(H,45,47)(H,49,52). The van der Waals surface area contributed by atoms with E-state index in [-0.39, 0.29) is 21.6 Å². The molecule has 306 valence electrons. The van der Waals surface area contributed by atoms with Crippen LogP contribution in [0.25, 0.3) is 11.0 Å². The topological polar surface area (TPSA) is 150 Å². The molecule has 5 heterocycles. The molecule has 14 heteroatoms. The van der Waals surface area contributed by atoms with Crippen molar-refractivity contribution in [2.75, 3.05) is 68.7 Å². The van der Waals surface area contributed by atoms with Crippen molar-refractivity contribution in [2.24, 2.45) is 11.8 Å². The first-order valence-electron chi connectivity index (χ1n) is 20.2. The van der Waals surface area contributed by atoms with Crippen LogP contribution in [0.15, 0.2) is 90.1 Å². The number of aromatic amines is 1. The second kappa shape index (κ2) is 17.0.